The Morgan fingerprint density at radius 1 is 0.471 bits per heavy atom. The number of halogens is 1. The fourth-order valence-corrected chi connectivity index (χ4v) is 11.1. The summed E-state index contributed by atoms with van der Waals surface area (Å²) in [6, 6.07) is 24.1. The molecule has 2 atom stereocenters. The molecule has 33 heteroatoms. The number of aromatic nitrogens is 6. The number of rotatable bonds is 44. The number of aryl methyl sites for hydroxylation is 4. The van der Waals surface area contributed by atoms with Gasteiger partial charge in [0.15, 0.2) is 11.6 Å². The first-order chi connectivity index (χ1) is 50.2. The molecule has 0 fully saturated rings. The molecule has 0 spiro atoms. The van der Waals surface area contributed by atoms with Gasteiger partial charge < -0.3 is 109 Å². The van der Waals surface area contributed by atoms with Crippen LogP contribution in [0.5, 0.6) is 0 Å². The van der Waals surface area contributed by atoms with Crippen molar-refractivity contribution in [2.75, 3.05) is 163 Å². The van der Waals surface area contributed by atoms with Crippen molar-refractivity contribution in [1.82, 2.24) is 44.2 Å². The predicted molar refractivity (Wildman–Crippen MR) is 389 cm³/mol. The maximum Gasteiger partial charge on any atom is 0.291 e. The number of amides is 8. The zero-order valence-electron chi connectivity index (χ0n) is 59.4. The van der Waals surface area contributed by atoms with Crippen LogP contribution in [0.1, 0.15) is 97.3 Å². The van der Waals surface area contributed by atoms with Crippen molar-refractivity contribution in [3.05, 3.63) is 143 Å². The van der Waals surface area contributed by atoms with Crippen molar-refractivity contribution in [2.24, 2.45) is 33.9 Å². The number of fused-ring (bicyclic) bond motifs is 1. The van der Waals surface area contributed by atoms with Crippen molar-refractivity contribution in [3.8, 4) is 11.1 Å². The fraction of sp³-hybridized carbons (Fsp3) is 0.437. The number of carbonyl (C=O) groups excluding carboxylic acids is 8. The lowest BCUT2D eigenvalue weighted by Crippen LogP contribution is -2.43. The molecule has 8 rings (SSSR count). The highest BCUT2D eigenvalue weighted by Gasteiger charge is 2.33. The molecular formula is C71H93ClN16O16. The van der Waals surface area contributed by atoms with Crippen LogP contribution >= 0.6 is 11.6 Å². The zero-order chi connectivity index (χ0) is 74.3. The van der Waals surface area contributed by atoms with Gasteiger partial charge in [0.2, 0.25) is 29.4 Å². The van der Waals surface area contributed by atoms with Gasteiger partial charge in [-0.25, -0.2) is 9.97 Å². The average Bonchev–Trinajstić information content (AvgIpc) is 1.07. The third kappa shape index (κ3) is 24.9. The lowest BCUT2D eigenvalue weighted by molar-refractivity contribution is -0.117. The van der Waals surface area contributed by atoms with Gasteiger partial charge in [0, 0.05) is 127 Å². The van der Waals surface area contributed by atoms with Gasteiger partial charge in [0.25, 0.3) is 29.5 Å². The Bertz CT molecular complexity index is 3990. The van der Waals surface area contributed by atoms with Gasteiger partial charge in [-0.3, -0.25) is 38.4 Å². The summed E-state index contributed by atoms with van der Waals surface area (Å²) in [6.07, 6.45) is 6.76. The number of anilines is 6. The Morgan fingerprint density at radius 3 is 1.35 bits per heavy atom. The van der Waals surface area contributed by atoms with E-state index in [2.05, 4.69) is 65.5 Å². The van der Waals surface area contributed by atoms with Crippen LogP contribution in [-0.2, 0) is 80.5 Å². The highest BCUT2D eigenvalue weighted by Crippen LogP contribution is 2.41. The number of nitrogens with zero attached hydrogens (tertiary/aromatic N) is 7. The van der Waals surface area contributed by atoms with E-state index in [0.29, 0.717) is 128 Å². The molecule has 0 radical (unpaired) electrons. The molecule has 7 aromatic rings. The number of nitrogens with one attached hydrogen (secondary N) is 8. The second-order valence-electron chi connectivity index (χ2n) is 24.1. The third-order valence-corrected chi connectivity index (χ3v) is 16.3. The topological polar surface area (TPSA) is 381 Å². The molecule has 4 aromatic heterocycles. The van der Waals surface area contributed by atoms with Crippen LogP contribution in [0.25, 0.3) is 11.1 Å². The van der Waals surface area contributed by atoms with E-state index in [1.165, 1.54) is 44.4 Å². The van der Waals surface area contributed by atoms with E-state index < -0.39 is 23.6 Å². The maximum absolute atomic E-state index is 13.3. The highest BCUT2D eigenvalue weighted by atomic mass is 35.5. The van der Waals surface area contributed by atoms with Crippen LogP contribution in [0.2, 0.25) is 5.02 Å². The van der Waals surface area contributed by atoms with Crippen LogP contribution in [-0.4, -0.2) is 213 Å². The Morgan fingerprint density at radius 2 is 0.894 bits per heavy atom. The average molecular weight is 1460 g/mol. The van der Waals surface area contributed by atoms with E-state index in [4.69, 9.17) is 55.2 Å². The molecule has 0 saturated heterocycles. The Labute approximate surface area is 607 Å². The third-order valence-electron chi connectivity index (χ3n) is 16.0. The summed E-state index contributed by atoms with van der Waals surface area (Å²) >= 11 is 6.13. The number of imidazole rings is 2. The molecule has 1 unspecified atom stereocenters. The maximum atomic E-state index is 13.3. The number of hydrogen-bond donors (Lipinski definition) is 9. The Balaban J connectivity index is 0.564. The van der Waals surface area contributed by atoms with Crippen molar-refractivity contribution >= 4 is 93.2 Å². The van der Waals surface area contributed by atoms with E-state index in [1.54, 1.807) is 58.0 Å². The van der Waals surface area contributed by atoms with E-state index >= 15 is 0 Å². The van der Waals surface area contributed by atoms with Gasteiger partial charge in [-0.05, 0) is 90.7 Å². The van der Waals surface area contributed by atoms with Gasteiger partial charge in [-0.15, -0.1) is 0 Å². The fourth-order valence-electron chi connectivity index (χ4n) is 11.0. The Kier molecular flexibility index (Phi) is 31.8. The minimum Gasteiger partial charge on any atom is -0.378 e. The van der Waals surface area contributed by atoms with Crippen molar-refractivity contribution < 1.29 is 76.3 Å². The lowest BCUT2D eigenvalue weighted by Gasteiger charge is -2.39. The van der Waals surface area contributed by atoms with Crippen LogP contribution in [0.15, 0.2) is 104 Å². The van der Waals surface area contributed by atoms with Gasteiger partial charge >= 0.3 is 0 Å². The van der Waals surface area contributed by atoms with Gasteiger partial charge in [-0.1, -0.05) is 29.8 Å². The van der Waals surface area contributed by atoms with Gasteiger partial charge in [-0.2, -0.15) is 0 Å². The minimum absolute atomic E-state index is 0.00423. The molecule has 3 aromatic carbocycles. The second-order valence-corrected chi connectivity index (χ2v) is 24.5. The smallest absolute Gasteiger partial charge is 0.291 e. The molecule has 5 heterocycles. The summed E-state index contributed by atoms with van der Waals surface area (Å²) in [6.45, 7) is 10.4. The summed E-state index contributed by atoms with van der Waals surface area (Å²) in [5, 5.41) is 23.3. The minimum atomic E-state index is -0.593. The first-order valence-electron chi connectivity index (χ1n) is 34.1. The molecule has 0 bridgehead atoms. The summed E-state index contributed by atoms with van der Waals surface area (Å²) < 4.78 is 50.5. The first kappa shape index (κ1) is 79.8. The summed E-state index contributed by atoms with van der Waals surface area (Å²) in [5.41, 5.74) is 11.9. The van der Waals surface area contributed by atoms with Crippen LogP contribution in [0.3, 0.4) is 0 Å². The van der Waals surface area contributed by atoms with Crippen LogP contribution in [0, 0.1) is 0 Å². The number of hydrogen-bond acceptors (Lipinski definition) is 20. The molecule has 560 valence electrons. The Hall–Kier alpha value is -9.87. The van der Waals surface area contributed by atoms with E-state index in [1.807, 2.05) is 53.4 Å². The van der Waals surface area contributed by atoms with Gasteiger partial charge in [0.1, 0.15) is 11.4 Å². The molecule has 104 heavy (non-hydrogen) atoms. The standard InChI is InChI=1S/C71H93ClN16O16/c1-47-39-57(77-53-14-12-52(72)13-15-53)56-40-51(11-16-58(56)88(47)48(2)89)49-7-9-50(10-8-49)67(92)75-21-23-97-25-27-99-29-31-101-33-35-103-37-38-104-36-34-102-32-30-100-28-26-98-24-22-76-69(94)60-42-55(44-85(60)4)79-71(96)66-83-62(46-87(66)6)81-64(91)18-20-74-68(93)59-41-54(43-84(59)3)78-70(95)65-82-61(45-86(65)5)80-63(90)17-19-73/h7-16,40-47,57,77H,17-39,73H2,1-6H3,(H,74,93)(H,75,92)(H,76,94)(H,78,95)(H,79,96)(H,80,90)(H,81,91)/t47-,57?/m0/s1. The summed E-state index contributed by atoms with van der Waals surface area (Å²) in [4.78, 5) is 113. The van der Waals surface area contributed by atoms with Crippen molar-refractivity contribution in [1.29, 1.82) is 0 Å². The molecule has 10 N–H and O–H groups in total. The first-order valence-corrected chi connectivity index (χ1v) is 34.5. The van der Waals surface area contributed by atoms with E-state index in [-0.39, 0.29) is 109 Å². The van der Waals surface area contributed by atoms with Crippen molar-refractivity contribution in [2.45, 2.75) is 45.2 Å². The predicted octanol–water partition coefficient (Wildman–Crippen LogP) is 5.29. The number of ether oxygens (including phenoxy) is 8. The lowest BCUT2D eigenvalue weighted by atomic mass is 9.88. The molecule has 1 aliphatic heterocycles. The van der Waals surface area contributed by atoms with E-state index in [9.17, 15) is 38.4 Å². The quantitative estimate of drug-likeness (QED) is 0.0219. The molecule has 32 nitrogen and oxygen atoms in total. The molecular weight excluding hydrogens is 1370 g/mol. The molecule has 0 aliphatic carbocycles. The number of nitrogens with two attached hydrogens (primary N) is 1. The second kappa shape index (κ2) is 41.4. The van der Waals surface area contributed by atoms with Crippen LogP contribution in [0.4, 0.5) is 34.4 Å². The number of benzene rings is 3. The van der Waals surface area contributed by atoms with Crippen LogP contribution < -0.4 is 53.2 Å². The molecule has 8 amide bonds. The largest absolute Gasteiger partial charge is 0.378 e. The highest BCUT2D eigenvalue weighted by molar-refractivity contribution is 6.30. The zero-order valence-corrected chi connectivity index (χ0v) is 60.1. The molecule has 0 saturated carbocycles. The SMILES string of the molecule is CC(=O)N1c2ccc(-c3ccc(C(=O)NCCOCCOCCOCCOCCOCCOCCOCCOCCNC(=O)c4cc(NC(=O)c5nc(NC(=O)CCNC(=O)c6cc(NC(=O)c7nc(NC(=O)CCN)cn7C)cn6C)cn5C)cn4C)cc3)cc2C(Nc2ccc(Cl)cc2)C[C@@H]1C. The van der Waals surface area contributed by atoms with E-state index in [0.717, 1.165) is 34.5 Å². The number of carbonyl (C=O) groups is 8. The summed E-state index contributed by atoms with van der Waals surface area (Å²) in [5.74, 6) is -2.78. The summed E-state index contributed by atoms with van der Waals surface area (Å²) in [7, 11) is 6.45. The van der Waals surface area contributed by atoms with Gasteiger partial charge in [0.05, 0.1) is 123 Å². The normalized spacial score (nSPS) is 13.2. The monoisotopic (exact) mass is 1460 g/mol. The van der Waals surface area contributed by atoms with Crippen molar-refractivity contribution in [3.63, 3.8) is 0 Å². The molecule has 1 aliphatic rings.